The summed E-state index contributed by atoms with van der Waals surface area (Å²) in [6, 6.07) is 16.3. The molecule has 0 bridgehead atoms. The first-order chi connectivity index (χ1) is 13.2. The molecule has 1 heterocycles. The number of piperazine rings is 1. The van der Waals surface area contributed by atoms with E-state index in [4.69, 9.17) is 9.47 Å². The molecule has 27 heavy (non-hydrogen) atoms. The molecule has 0 atom stereocenters. The van der Waals surface area contributed by atoms with Crippen molar-refractivity contribution in [1.29, 1.82) is 0 Å². The monoisotopic (exact) mass is 369 g/mol. The van der Waals surface area contributed by atoms with Crippen molar-refractivity contribution >= 4 is 17.6 Å². The van der Waals surface area contributed by atoms with Gasteiger partial charge in [0, 0.05) is 31.9 Å². The van der Waals surface area contributed by atoms with Gasteiger partial charge in [0.1, 0.15) is 11.5 Å². The van der Waals surface area contributed by atoms with E-state index in [2.05, 4.69) is 5.32 Å². The number of anilines is 1. The molecule has 7 heteroatoms. The van der Waals surface area contributed by atoms with Crippen molar-refractivity contribution < 1.29 is 19.1 Å². The molecule has 2 aromatic rings. The molecule has 3 amide bonds. The summed E-state index contributed by atoms with van der Waals surface area (Å²) in [4.78, 5) is 28.0. The molecule has 142 valence electrons. The minimum Gasteiger partial charge on any atom is -0.497 e. The number of rotatable bonds is 5. The lowest BCUT2D eigenvalue weighted by atomic mass is 10.3. The molecule has 1 aliphatic rings. The van der Waals surface area contributed by atoms with E-state index < -0.39 is 0 Å². The maximum atomic E-state index is 12.3. The zero-order valence-corrected chi connectivity index (χ0v) is 15.3. The van der Waals surface area contributed by atoms with Crippen LogP contribution in [0.5, 0.6) is 11.5 Å². The molecular formula is C20H23N3O4. The second kappa shape index (κ2) is 8.93. The van der Waals surface area contributed by atoms with Crippen LogP contribution in [0.3, 0.4) is 0 Å². The zero-order valence-electron chi connectivity index (χ0n) is 15.3. The SMILES string of the molecule is COc1ccc(OCC(=O)N2CCN(C(=O)Nc3ccccc3)CC2)cc1. The van der Waals surface area contributed by atoms with E-state index in [1.54, 1.807) is 41.2 Å². The maximum Gasteiger partial charge on any atom is 0.321 e. The molecule has 1 aliphatic heterocycles. The lowest BCUT2D eigenvalue weighted by Crippen LogP contribution is -2.52. The number of para-hydroxylation sites is 1. The van der Waals surface area contributed by atoms with Crippen molar-refractivity contribution in [2.24, 2.45) is 0 Å². The summed E-state index contributed by atoms with van der Waals surface area (Å²) in [5, 5.41) is 2.86. The van der Waals surface area contributed by atoms with Crippen LogP contribution < -0.4 is 14.8 Å². The molecule has 0 aromatic heterocycles. The number of nitrogens with one attached hydrogen (secondary N) is 1. The lowest BCUT2D eigenvalue weighted by Gasteiger charge is -2.34. The molecule has 0 unspecified atom stereocenters. The fourth-order valence-electron chi connectivity index (χ4n) is 2.79. The van der Waals surface area contributed by atoms with E-state index >= 15 is 0 Å². The second-order valence-electron chi connectivity index (χ2n) is 6.13. The Balaban J connectivity index is 1.42. The van der Waals surface area contributed by atoms with E-state index in [-0.39, 0.29) is 18.5 Å². The fourth-order valence-corrected chi connectivity index (χ4v) is 2.79. The van der Waals surface area contributed by atoms with Gasteiger partial charge < -0.3 is 24.6 Å². The number of ether oxygens (including phenoxy) is 2. The number of benzene rings is 2. The van der Waals surface area contributed by atoms with Gasteiger partial charge in [-0.2, -0.15) is 0 Å². The van der Waals surface area contributed by atoms with Crippen molar-refractivity contribution in [3.8, 4) is 11.5 Å². The average molecular weight is 369 g/mol. The van der Waals surface area contributed by atoms with Crippen LogP contribution in [0.1, 0.15) is 0 Å². The highest BCUT2D eigenvalue weighted by atomic mass is 16.5. The van der Waals surface area contributed by atoms with Gasteiger partial charge in [0.15, 0.2) is 6.61 Å². The molecule has 7 nitrogen and oxygen atoms in total. The van der Waals surface area contributed by atoms with Crippen LogP contribution in [0, 0.1) is 0 Å². The Morgan fingerprint density at radius 3 is 2.11 bits per heavy atom. The topological polar surface area (TPSA) is 71.1 Å². The van der Waals surface area contributed by atoms with Crippen molar-refractivity contribution in [2.45, 2.75) is 0 Å². The quantitative estimate of drug-likeness (QED) is 0.879. The van der Waals surface area contributed by atoms with Gasteiger partial charge in [-0.3, -0.25) is 4.79 Å². The number of hydrogen-bond donors (Lipinski definition) is 1. The molecule has 0 saturated carbocycles. The molecule has 0 spiro atoms. The normalized spacial score (nSPS) is 13.8. The number of methoxy groups -OCH3 is 1. The van der Waals surface area contributed by atoms with Crippen molar-refractivity contribution in [1.82, 2.24) is 9.80 Å². The maximum absolute atomic E-state index is 12.3. The van der Waals surface area contributed by atoms with Gasteiger partial charge in [0.2, 0.25) is 0 Å². The summed E-state index contributed by atoms with van der Waals surface area (Å²) in [5.74, 6) is 1.26. The van der Waals surface area contributed by atoms with Crippen molar-refractivity contribution in [2.75, 3.05) is 45.2 Å². The molecule has 3 rings (SSSR count). The highest BCUT2D eigenvalue weighted by molar-refractivity contribution is 5.89. The minimum atomic E-state index is -0.150. The molecular weight excluding hydrogens is 346 g/mol. The molecule has 0 aliphatic carbocycles. The number of hydrogen-bond acceptors (Lipinski definition) is 4. The van der Waals surface area contributed by atoms with Gasteiger partial charge in [0.05, 0.1) is 7.11 Å². The predicted octanol–water partition coefficient (Wildman–Crippen LogP) is 2.45. The van der Waals surface area contributed by atoms with Gasteiger partial charge >= 0.3 is 6.03 Å². The van der Waals surface area contributed by atoms with E-state index in [1.165, 1.54) is 0 Å². The Morgan fingerprint density at radius 2 is 1.48 bits per heavy atom. The van der Waals surface area contributed by atoms with Gasteiger partial charge in [-0.15, -0.1) is 0 Å². The number of amides is 3. The summed E-state index contributed by atoms with van der Waals surface area (Å²) in [5.41, 5.74) is 0.758. The summed E-state index contributed by atoms with van der Waals surface area (Å²) < 4.78 is 10.6. The van der Waals surface area contributed by atoms with Gasteiger partial charge in [-0.25, -0.2) is 4.79 Å². The molecule has 2 aromatic carbocycles. The van der Waals surface area contributed by atoms with Gasteiger partial charge in [-0.1, -0.05) is 18.2 Å². The van der Waals surface area contributed by atoms with E-state index in [1.807, 2.05) is 30.3 Å². The third-order valence-electron chi connectivity index (χ3n) is 4.37. The largest absolute Gasteiger partial charge is 0.497 e. The van der Waals surface area contributed by atoms with Crippen LogP contribution in [0.4, 0.5) is 10.5 Å². The second-order valence-corrected chi connectivity index (χ2v) is 6.13. The molecule has 0 radical (unpaired) electrons. The van der Waals surface area contributed by atoms with Crippen molar-refractivity contribution in [3.63, 3.8) is 0 Å². The van der Waals surface area contributed by atoms with E-state index in [0.29, 0.717) is 31.9 Å². The first-order valence-corrected chi connectivity index (χ1v) is 8.81. The number of carbonyl (C=O) groups is 2. The van der Waals surface area contributed by atoms with Crippen LogP contribution >= 0.6 is 0 Å². The van der Waals surface area contributed by atoms with Crippen LogP contribution in [-0.2, 0) is 4.79 Å². The third-order valence-corrected chi connectivity index (χ3v) is 4.37. The van der Waals surface area contributed by atoms with E-state index in [0.717, 1.165) is 11.4 Å². The fraction of sp³-hybridized carbons (Fsp3) is 0.300. The lowest BCUT2D eigenvalue weighted by molar-refractivity contribution is -0.134. The van der Waals surface area contributed by atoms with Crippen LogP contribution in [0.2, 0.25) is 0 Å². The molecule has 1 saturated heterocycles. The molecule has 1 fully saturated rings. The molecule has 1 N–H and O–H groups in total. The average Bonchev–Trinajstić information content (AvgIpc) is 2.73. The Hall–Kier alpha value is -3.22. The first kappa shape index (κ1) is 18.6. The summed E-state index contributed by atoms with van der Waals surface area (Å²) in [6.07, 6.45) is 0. The Bertz CT molecular complexity index is 757. The van der Waals surface area contributed by atoms with Gasteiger partial charge in [-0.05, 0) is 36.4 Å². The van der Waals surface area contributed by atoms with Crippen LogP contribution in [0.15, 0.2) is 54.6 Å². The summed E-state index contributed by atoms with van der Waals surface area (Å²) in [6.45, 7) is 1.95. The van der Waals surface area contributed by atoms with Crippen LogP contribution in [-0.4, -0.2) is 61.6 Å². The Labute approximate surface area is 158 Å². The standard InChI is InChI=1S/C20H23N3O4/c1-26-17-7-9-18(10-8-17)27-15-19(24)22-11-13-23(14-12-22)20(25)21-16-5-3-2-4-6-16/h2-10H,11-15H2,1H3,(H,21,25). The summed E-state index contributed by atoms with van der Waals surface area (Å²) in [7, 11) is 1.60. The smallest absolute Gasteiger partial charge is 0.321 e. The summed E-state index contributed by atoms with van der Waals surface area (Å²) >= 11 is 0. The first-order valence-electron chi connectivity index (χ1n) is 8.81. The highest BCUT2D eigenvalue weighted by Crippen LogP contribution is 2.17. The Kier molecular flexibility index (Phi) is 6.14. The minimum absolute atomic E-state index is 0.0253. The van der Waals surface area contributed by atoms with Crippen LogP contribution in [0.25, 0.3) is 0 Å². The predicted molar refractivity (Wildman–Crippen MR) is 102 cm³/mol. The van der Waals surface area contributed by atoms with E-state index in [9.17, 15) is 9.59 Å². The Morgan fingerprint density at radius 1 is 0.889 bits per heavy atom. The number of nitrogens with zero attached hydrogens (tertiary/aromatic N) is 2. The zero-order chi connectivity index (χ0) is 19.1. The number of carbonyl (C=O) groups excluding carboxylic acids is 2. The number of urea groups is 1. The van der Waals surface area contributed by atoms with Gasteiger partial charge in [0.25, 0.3) is 5.91 Å². The highest BCUT2D eigenvalue weighted by Gasteiger charge is 2.24. The van der Waals surface area contributed by atoms with Crippen molar-refractivity contribution in [3.05, 3.63) is 54.6 Å². The third kappa shape index (κ3) is 5.13.